The van der Waals surface area contributed by atoms with Gasteiger partial charge in [0.25, 0.3) is 5.91 Å². The van der Waals surface area contributed by atoms with Gasteiger partial charge in [0.1, 0.15) is 5.69 Å². The van der Waals surface area contributed by atoms with E-state index in [9.17, 15) is 4.79 Å². The van der Waals surface area contributed by atoms with Crippen LogP contribution in [-0.2, 0) is 4.74 Å². The van der Waals surface area contributed by atoms with Gasteiger partial charge in [-0.05, 0) is 18.6 Å². The predicted octanol–water partition coefficient (Wildman–Crippen LogP) is 0.915. The van der Waals surface area contributed by atoms with Crippen molar-refractivity contribution >= 4 is 11.6 Å². The quantitative estimate of drug-likeness (QED) is 0.827. The molecule has 0 spiro atoms. The third-order valence-electron chi connectivity index (χ3n) is 2.97. The number of pyridine rings is 1. The molecule has 1 fully saturated rings. The summed E-state index contributed by atoms with van der Waals surface area (Å²) in [4.78, 5) is 18.1. The van der Waals surface area contributed by atoms with Crippen molar-refractivity contribution in [1.82, 2.24) is 9.88 Å². The number of aromatic nitrogens is 1. The van der Waals surface area contributed by atoms with Crippen molar-refractivity contribution in [3.63, 3.8) is 0 Å². The zero-order chi connectivity index (χ0) is 12.3. The molecule has 1 aromatic heterocycles. The lowest BCUT2D eigenvalue weighted by Gasteiger charge is -2.34. The van der Waals surface area contributed by atoms with Gasteiger partial charge in [0.15, 0.2) is 0 Å². The molecule has 5 nitrogen and oxygen atoms in total. The lowest BCUT2D eigenvalue weighted by Crippen LogP contribution is -2.48. The highest BCUT2D eigenvalue weighted by molar-refractivity contribution is 5.92. The standard InChI is InChI=1S/C12H17N3O2/c1-2-10-8-17-6-5-15(10)12(16)11-4-3-9(13)7-14-11/h3-4,7,10H,2,5-6,8,13H2,1H3. The molecule has 0 aliphatic carbocycles. The number of carbonyl (C=O) groups excluding carboxylic acids is 1. The molecule has 1 amide bonds. The van der Waals surface area contributed by atoms with E-state index in [0.717, 1.165) is 6.42 Å². The second-order valence-electron chi connectivity index (χ2n) is 4.11. The van der Waals surface area contributed by atoms with Crippen molar-refractivity contribution in [1.29, 1.82) is 0 Å². The molecule has 5 heteroatoms. The molecule has 1 aliphatic rings. The molecule has 0 aromatic carbocycles. The van der Waals surface area contributed by atoms with E-state index in [1.54, 1.807) is 12.1 Å². The first-order valence-electron chi connectivity index (χ1n) is 5.82. The smallest absolute Gasteiger partial charge is 0.272 e. The molecule has 1 aliphatic heterocycles. The summed E-state index contributed by atoms with van der Waals surface area (Å²) in [5.74, 6) is -0.0415. The van der Waals surface area contributed by atoms with E-state index in [-0.39, 0.29) is 11.9 Å². The number of carbonyl (C=O) groups is 1. The number of hydrogen-bond donors (Lipinski definition) is 1. The third-order valence-corrected chi connectivity index (χ3v) is 2.97. The van der Waals surface area contributed by atoms with Crippen LogP contribution in [0.25, 0.3) is 0 Å². The first-order valence-corrected chi connectivity index (χ1v) is 5.82. The Hall–Kier alpha value is -1.62. The number of ether oxygens (including phenoxy) is 1. The molecule has 92 valence electrons. The van der Waals surface area contributed by atoms with Crippen molar-refractivity contribution in [2.75, 3.05) is 25.5 Å². The number of amides is 1. The molecule has 1 aromatic rings. The molecule has 2 N–H and O–H groups in total. The van der Waals surface area contributed by atoms with Gasteiger partial charge in [0.2, 0.25) is 0 Å². The molecular formula is C12H17N3O2. The van der Waals surface area contributed by atoms with E-state index < -0.39 is 0 Å². The van der Waals surface area contributed by atoms with Crippen molar-refractivity contribution < 1.29 is 9.53 Å². The fourth-order valence-electron chi connectivity index (χ4n) is 1.94. The molecule has 2 heterocycles. The Kier molecular flexibility index (Phi) is 3.58. The molecule has 1 saturated heterocycles. The van der Waals surface area contributed by atoms with Crippen LogP contribution in [0.15, 0.2) is 18.3 Å². The van der Waals surface area contributed by atoms with Crippen molar-refractivity contribution in [2.24, 2.45) is 0 Å². The molecule has 2 rings (SSSR count). The summed E-state index contributed by atoms with van der Waals surface area (Å²) >= 11 is 0. The summed E-state index contributed by atoms with van der Waals surface area (Å²) in [5.41, 5.74) is 6.56. The first-order chi connectivity index (χ1) is 8.22. The van der Waals surface area contributed by atoms with E-state index in [0.29, 0.717) is 31.1 Å². The zero-order valence-corrected chi connectivity index (χ0v) is 9.93. The average Bonchev–Trinajstić information content (AvgIpc) is 2.39. The molecule has 0 saturated carbocycles. The van der Waals surface area contributed by atoms with Crippen molar-refractivity contribution in [3.8, 4) is 0 Å². The van der Waals surface area contributed by atoms with Crippen molar-refractivity contribution in [3.05, 3.63) is 24.0 Å². The fraction of sp³-hybridized carbons (Fsp3) is 0.500. The van der Waals surface area contributed by atoms with Crippen LogP contribution in [0.5, 0.6) is 0 Å². The maximum Gasteiger partial charge on any atom is 0.272 e. The van der Waals surface area contributed by atoms with E-state index in [1.807, 2.05) is 4.90 Å². The van der Waals surface area contributed by atoms with Gasteiger partial charge in [-0.3, -0.25) is 4.79 Å². The minimum absolute atomic E-state index is 0.0415. The van der Waals surface area contributed by atoms with Crippen LogP contribution in [0.1, 0.15) is 23.8 Å². The highest BCUT2D eigenvalue weighted by Gasteiger charge is 2.27. The van der Waals surface area contributed by atoms with Crippen LogP contribution in [0.3, 0.4) is 0 Å². The van der Waals surface area contributed by atoms with Gasteiger partial charge in [-0.25, -0.2) is 4.98 Å². The largest absolute Gasteiger partial charge is 0.397 e. The van der Waals surface area contributed by atoms with Crippen LogP contribution < -0.4 is 5.73 Å². The number of morpholine rings is 1. The SMILES string of the molecule is CCC1COCCN1C(=O)c1ccc(N)cn1. The Bertz CT molecular complexity index is 391. The predicted molar refractivity (Wildman–Crippen MR) is 64.6 cm³/mol. The normalized spacial score (nSPS) is 20.3. The molecule has 1 atom stereocenters. The minimum atomic E-state index is -0.0415. The van der Waals surface area contributed by atoms with Gasteiger partial charge in [-0.2, -0.15) is 0 Å². The molecule has 17 heavy (non-hydrogen) atoms. The second-order valence-corrected chi connectivity index (χ2v) is 4.11. The van der Waals surface area contributed by atoms with E-state index >= 15 is 0 Å². The maximum atomic E-state index is 12.2. The topological polar surface area (TPSA) is 68.5 Å². The number of anilines is 1. The van der Waals surface area contributed by atoms with Gasteiger partial charge in [-0.15, -0.1) is 0 Å². The molecule has 1 unspecified atom stereocenters. The highest BCUT2D eigenvalue weighted by atomic mass is 16.5. The summed E-state index contributed by atoms with van der Waals surface area (Å²) in [6.45, 7) is 3.88. The third kappa shape index (κ3) is 2.55. The monoisotopic (exact) mass is 235 g/mol. The number of nitrogen functional groups attached to an aromatic ring is 1. The Labute approximate surface area is 101 Å². The fourth-order valence-corrected chi connectivity index (χ4v) is 1.94. The van der Waals surface area contributed by atoms with E-state index in [1.165, 1.54) is 6.20 Å². The second kappa shape index (κ2) is 5.14. The van der Waals surface area contributed by atoms with Gasteiger partial charge in [-0.1, -0.05) is 6.92 Å². The first kappa shape index (κ1) is 11.9. The highest BCUT2D eigenvalue weighted by Crippen LogP contribution is 2.14. The van der Waals surface area contributed by atoms with Gasteiger partial charge in [0.05, 0.1) is 31.1 Å². The molecular weight excluding hydrogens is 218 g/mol. The number of hydrogen-bond acceptors (Lipinski definition) is 4. The van der Waals surface area contributed by atoms with Crippen molar-refractivity contribution in [2.45, 2.75) is 19.4 Å². The van der Waals surface area contributed by atoms with Crippen LogP contribution in [0.4, 0.5) is 5.69 Å². The Morgan fingerprint density at radius 3 is 3.12 bits per heavy atom. The summed E-state index contributed by atoms with van der Waals surface area (Å²) < 4.78 is 5.37. The van der Waals surface area contributed by atoms with Crippen LogP contribution in [-0.4, -0.2) is 41.6 Å². The van der Waals surface area contributed by atoms with Gasteiger partial charge < -0.3 is 15.4 Å². The van der Waals surface area contributed by atoms with Crippen LogP contribution in [0, 0.1) is 0 Å². The van der Waals surface area contributed by atoms with Gasteiger partial charge in [0, 0.05) is 6.54 Å². The summed E-state index contributed by atoms with van der Waals surface area (Å²) in [5, 5.41) is 0. The Balaban J connectivity index is 2.15. The van der Waals surface area contributed by atoms with Crippen LogP contribution >= 0.6 is 0 Å². The molecule has 0 bridgehead atoms. The van der Waals surface area contributed by atoms with E-state index in [2.05, 4.69) is 11.9 Å². The number of nitrogens with zero attached hydrogens (tertiary/aromatic N) is 2. The van der Waals surface area contributed by atoms with E-state index in [4.69, 9.17) is 10.5 Å². The summed E-state index contributed by atoms with van der Waals surface area (Å²) in [6, 6.07) is 3.51. The zero-order valence-electron chi connectivity index (χ0n) is 9.93. The van der Waals surface area contributed by atoms with Gasteiger partial charge >= 0.3 is 0 Å². The number of rotatable bonds is 2. The number of nitrogens with two attached hydrogens (primary N) is 1. The Morgan fingerprint density at radius 1 is 1.65 bits per heavy atom. The summed E-state index contributed by atoms with van der Waals surface area (Å²) in [7, 11) is 0. The minimum Gasteiger partial charge on any atom is -0.397 e. The lowest BCUT2D eigenvalue weighted by atomic mass is 10.1. The average molecular weight is 235 g/mol. The van der Waals surface area contributed by atoms with Crippen LogP contribution in [0.2, 0.25) is 0 Å². The lowest BCUT2D eigenvalue weighted by molar-refractivity contribution is -0.00310. The maximum absolute atomic E-state index is 12.2. The Morgan fingerprint density at radius 2 is 2.47 bits per heavy atom. The molecule has 0 radical (unpaired) electrons. The summed E-state index contributed by atoms with van der Waals surface area (Å²) in [6.07, 6.45) is 2.40.